The lowest BCUT2D eigenvalue weighted by Crippen LogP contribution is -2.53. The summed E-state index contributed by atoms with van der Waals surface area (Å²) in [5.74, 6) is -0.270. The Morgan fingerprint density at radius 2 is 1.62 bits per heavy atom. The molecule has 242 valence electrons. The van der Waals surface area contributed by atoms with Crippen LogP contribution in [0.4, 0.5) is 5.69 Å². The number of ether oxygens (including phenoxy) is 2. The van der Waals surface area contributed by atoms with Gasteiger partial charge in [0, 0.05) is 28.7 Å². The van der Waals surface area contributed by atoms with Crippen LogP contribution in [-0.2, 0) is 26.2 Å². The third kappa shape index (κ3) is 8.23. The third-order valence-corrected chi connectivity index (χ3v) is 10.3. The van der Waals surface area contributed by atoms with Crippen molar-refractivity contribution in [3.05, 3.63) is 81.8 Å². The molecule has 2 amide bonds. The Morgan fingerprint density at radius 1 is 0.956 bits per heavy atom. The number of carbonyl (C=O) groups is 2. The predicted octanol–water partition coefficient (Wildman–Crippen LogP) is 6.38. The first-order valence-corrected chi connectivity index (χ1v) is 17.0. The van der Waals surface area contributed by atoms with E-state index in [0.717, 1.165) is 35.6 Å². The second-order valence-corrected chi connectivity index (χ2v) is 13.7. The van der Waals surface area contributed by atoms with Gasteiger partial charge in [0.05, 0.1) is 24.8 Å². The van der Waals surface area contributed by atoms with Crippen molar-refractivity contribution in [2.24, 2.45) is 0 Å². The molecule has 3 aromatic rings. The van der Waals surface area contributed by atoms with E-state index in [1.54, 1.807) is 42.5 Å². The second kappa shape index (κ2) is 15.2. The molecule has 1 aliphatic carbocycles. The molecule has 1 atom stereocenters. The Morgan fingerprint density at radius 3 is 2.22 bits per heavy atom. The standard InChI is InChI=1S/C33H39Cl2N3O6S/c1-5-29(33(40)36-25-8-6-7-9-25)37(20-23-12-13-24(34)18-28(23)35)32(39)21-38(26-14-10-22(2)11-15-26)45(41,42)27-16-17-30(43-3)31(19-27)44-4/h10-19,25,29H,5-9,20-21H2,1-4H3,(H,36,40)/t29-/m0/s1. The molecule has 1 saturated carbocycles. The minimum atomic E-state index is -4.30. The molecule has 3 aromatic carbocycles. The van der Waals surface area contributed by atoms with Crippen molar-refractivity contribution in [3.63, 3.8) is 0 Å². The first kappa shape index (κ1) is 34.4. The summed E-state index contributed by atoms with van der Waals surface area (Å²) in [6.07, 6.45) is 4.13. The van der Waals surface area contributed by atoms with Crippen molar-refractivity contribution in [1.82, 2.24) is 10.2 Å². The zero-order valence-electron chi connectivity index (χ0n) is 25.9. The van der Waals surface area contributed by atoms with E-state index < -0.39 is 28.5 Å². The van der Waals surface area contributed by atoms with Crippen LogP contribution in [0.25, 0.3) is 0 Å². The van der Waals surface area contributed by atoms with Gasteiger partial charge < -0.3 is 19.7 Å². The van der Waals surface area contributed by atoms with Crippen LogP contribution in [-0.4, -0.2) is 58.0 Å². The summed E-state index contributed by atoms with van der Waals surface area (Å²) in [6, 6.07) is 15.2. The van der Waals surface area contributed by atoms with E-state index in [4.69, 9.17) is 32.7 Å². The first-order chi connectivity index (χ1) is 21.5. The van der Waals surface area contributed by atoms with Crippen LogP contribution in [0.15, 0.2) is 65.6 Å². The van der Waals surface area contributed by atoms with Gasteiger partial charge in [0.2, 0.25) is 11.8 Å². The number of methoxy groups -OCH3 is 2. The fourth-order valence-corrected chi connectivity index (χ4v) is 7.36. The van der Waals surface area contributed by atoms with Crippen molar-refractivity contribution in [1.29, 1.82) is 0 Å². The Labute approximate surface area is 275 Å². The van der Waals surface area contributed by atoms with E-state index in [-0.39, 0.29) is 34.8 Å². The van der Waals surface area contributed by atoms with Gasteiger partial charge in [-0.2, -0.15) is 0 Å². The summed E-state index contributed by atoms with van der Waals surface area (Å²) in [5.41, 5.74) is 1.78. The zero-order chi connectivity index (χ0) is 32.7. The van der Waals surface area contributed by atoms with Gasteiger partial charge in [0.15, 0.2) is 11.5 Å². The van der Waals surface area contributed by atoms with Crippen LogP contribution < -0.4 is 19.1 Å². The third-order valence-electron chi connectivity index (χ3n) is 7.99. The maximum Gasteiger partial charge on any atom is 0.264 e. The van der Waals surface area contributed by atoms with Crippen molar-refractivity contribution in [3.8, 4) is 11.5 Å². The summed E-state index contributed by atoms with van der Waals surface area (Å²) in [7, 11) is -1.44. The number of carbonyl (C=O) groups excluding carboxylic acids is 2. The van der Waals surface area contributed by atoms with E-state index in [1.165, 1.54) is 37.3 Å². The molecule has 9 nitrogen and oxygen atoms in total. The Bertz CT molecular complexity index is 1610. The number of halogens is 2. The Kier molecular flexibility index (Phi) is 11.6. The van der Waals surface area contributed by atoms with Gasteiger partial charge in [-0.1, -0.05) is 66.7 Å². The molecule has 0 unspecified atom stereocenters. The molecule has 0 radical (unpaired) electrons. The smallest absolute Gasteiger partial charge is 0.264 e. The highest BCUT2D eigenvalue weighted by molar-refractivity contribution is 7.92. The maximum absolute atomic E-state index is 14.3. The number of nitrogens with one attached hydrogen (secondary N) is 1. The highest BCUT2D eigenvalue weighted by Gasteiger charge is 2.35. The Balaban J connectivity index is 1.76. The fourth-order valence-electron chi connectivity index (χ4n) is 5.46. The Hall–Kier alpha value is -3.47. The van der Waals surface area contributed by atoms with Gasteiger partial charge in [-0.05, 0) is 68.1 Å². The van der Waals surface area contributed by atoms with Crippen LogP contribution in [0.1, 0.15) is 50.2 Å². The normalized spacial score (nSPS) is 14.1. The van der Waals surface area contributed by atoms with Crippen molar-refractivity contribution in [2.75, 3.05) is 25.1 Å². The lowest BCUT2D eigenvalue weighted by atomic mass is 10.1. The van der Waals surface area contributed by atoms with Gasteiger partial charge in [0.1, 0.15) is 12.6 Å². The average Bonchev–Trinajstić information content (AvgIpc) is 3.53. The maximum atomic E-state index is 14.3. The number of amides is 2. The molecule has 12 heteroatoms. The zero-order valence-corrected chi connectivity index (χ0v) is 28.2. The fraction of sp³-hybridized carbons (Fsp3) is 0.394. The quantitative estimate of drug-likeness (QED) is 0.225. The predicted molar refractivity (Wildman–Crippen MR) is 177 cm³/mol. The monoisotopic (exact) mass is 675 g/mol. The molecule has 0 spiro atoms. The number of benzene rings is 3. The van der Waals surface area contributed by atoms with Crippen molar-refractivity contribution >= 4 is 50.7 Å². The molecule has 1 fully saturated rings. The van der Waals surface area contributed by atoms with E-state index in [9.17, 15) is 18.0 Å². The molecule has 0 heterocycles. The highest BCUT2D eigenvalue weighted by atomic mass is 35.5. The molecule has 1 N–H and O–H groups in total. The topological polar surface area (TPSA) is 105 Å². The lowest BCUT2D eigenvalue weighted by Gasteiger charge is -2.34. The summed E-state index contributed by atoms with van der Waals surface area (Å²) in [5, 5.41) is 3.86. The highest BCUT2D eigenvalue weighted by Crippen LogP contribution is 2.33. The van der Waals surface area contributed by atoms with Crippen LogP contribution in [0.3, 0.4) is 0 Å². The molecule has 0 bridgehead atoms. The summed E-state index contributed by atoms with van der Waals surface area (Å²) in [4.78, 5) is 29.3. The average molecular weight is 677 g/mol. The minimum Gasteiger partial charge on any atom is -0.493 e. The van der Waals surface area contributed by atoms with Crippen molar-refractivity contribution < 1.29 is 27.5 Å². The molecule has 0 saturated heterocycles. The number of sulfonamides is 1. The number of anilines is 1. The molecular weight excluding hydrogens is 637 g/mol. The van der Waals surface area contributed by atoms with E-state index in [1.807, 2.05) is 13.8 Å². The number of hydrogen-bond acceptors (Lipinski definition) is 6. The number of aryl methyl sites for hydroxylation is 1. The summed E-state index contributed by atoms with van der Waals surface area (Å²) >= 11 is 12.6. The number of rotatable bonds is 13. The van der Waals surface area contributed by atoms with Gasteiger partial charge in [-0.25, -0.2) is 8.42 Å². The summed E-state index contributed by atoms with van der Waals surface area (Å²) < 4.78 is 40.2. The molecule has 0 aromatic heterocycles. The van der Waals surface area contributed by atoms with Gasteiger partial charge >= 0.3 is 0 Å². The van der Waals surface area contributed by atoms with Gasteiger partial charge in [-0.3, -0.25) is 13.9 Å². The van der Waals surface area contributed by atoms with Crippen LogP contribution in [0, 0.1) is 6.92 Å². The van der Waals surface area contributed by atoms with Crippen LogP contribution in [0.5, 0.6) is 11.5 Å². The SMILES string of the molecule is CC[C@@H](C(=O)NC1CCCC1)N(Cc1ccc(Cl)cc1Cl)C(=O)CN(c1ccc(C)cc1)S(=O)(=O)c1ccc(OC)c(OC)c1. The largest absolute Gasteiger partial charge is 0.493 e. The van der Waals surface area contributed by atoms with Crippen molar-refractivity contribution in [2.45, 2.75) is 69.5 Å². The van der Waals surface area contributed by atoms with Gasteiger partial charge in [-0.15, -0.1) is 0 Å². The van der Waals surface area contributed by atoms with E-state index in [2.05, 4.69) is 5.32 Å². The molecular formula is C33H39Cl2N3O6S. The number of hydrogen-bond donors (Lipinski definition) is 1. The van der Waals surface area contributed by atoms with E-state index in [0.29, 0.717) is 27.8 Å². The first-order valence-electron chi connectivity index (χ1n) is 14.8. The molecule has 4 rings (SSSR count). The molecule has 1 aliphatic rings. The van der Waals surface area contributed by atoms with Crippen LogP contribution in [0.2, 0.25) is 10.0 Å². The number of nitrogens with zero attached hydrogens (tertiary/aromatic N) is 2. The van der Waals surface area contributed by atoms with Crippen LogP contribution >= 0.6 is 23.2 Å². The summed E-state index contributed by atoms with van der Waals surface area (Å²) in [6.45, 7) is 3.11. The lowest BCUT2D eigenvalue weighted by molar-refractivity contribution is -0.140. The second-order valence-electron chi connectivity index (χ2n) is 11.0. The molecule has 45 heavy (non-hydrogen) atoms. The minimum absolute atomic E-state index is 0.0242. The van der Waals surface area contributed by atoms with E-state index >= 15 is 0 Å². The van der Waals surface area contributed by atoms with Gasteiger partial charge in [0.25, 0.3) is 10.0 Å². The molecule has 0 aliphatic heterocycles.